The molecule has 0 bridgehead atoms. The average molecular weight is 695 g/mol. The number of alkyl halides is 3. The molecule has 3 atom stereocenters. The first kappa shape index (κ1) is 38.6. The second-order valence-corrected chi connectivity index (χ2v) is 12.7. The van der Waals surface area contributed by atoms with Gasteiger partial charge in [0.25, 0.3) is 17.2 Å². The molecule has 49 heavy (non-hydrogen) atoms. The smallest absolute Gasteiger partial charge is 0.452 e. The number of ketones is 2. The number of likely N-dealkylation sites (tertiary alicyclic amines) is 1. The summed E-state index contributed by atoms with van der Waals surface area (Å²) in [5, 5.41) is 12.3. The maximum Gasteiger partial charge on any atom is 0.452 e. The number of carboxylic acids is 1. The summed E-state index contributed by atoms with van der Waals surface area (Å²) in [6.45, 7) is 4.28. The van der Waals surface area contributed by atoms with Crippen molar-refractivity contribution in [2.24, 2.45) is 17.6 Å². The van der Waals surface area contributed by atoms with Crippen LogP contribution in [0.25, 0.3) is 0 Å². The van der Waals surface area contributed by atoms with Crippen molar-refractivity contribution in [1.29, 1.82) is 0 Å². The molecule has 14 nitrogen and oxygen atoms in total. The second kappa shape index (κ2) is 15.2. The first-order valence-electron chi connectivity index (χ1n) is 15.6. The standard InChI is InChI=1S/C32H41F3N6O8/c1-18(2)25(26(45)32(33,34)35)41(30(49)39-13-9-10-20(39)5)28(47)31(36,19(3)4)23(42)16-40-27(46)21(14-37-22-11-7-6-8-12-22)15-38(29(40)48)17-24(43)44/h6-8,11-12,15,18-20,25,37H,9-10,13-14,16-17,36H2,1-5H3,(H,43,44)/t20-,25+,31-/m1/s1. The number of benzene rings is 1. The van der Waals surface area contributed by atoms with Gasteiger partial charge in [-0.15, -0.1) is 0 Å². The minimum absolute atomic E-state index is 0.0598. The van der Waals surface area contributed by atoms with Crippen LogP contribution in [0, 0.1) is 11.8 Å². The molecule has 1 aliphatic heterocycles. The first-order valence-corrected chi connectivity index (χ1v) is 15.6. The van der Waals surface area contributed by atoms with Gasteiger partial charge in [-0.05, 0) is 43.7 Å². The Morgan fingerprint density at radius 3 is 2.14 bits per heavy atom. The Morgan fingerprint density at radius 2 is 1.65 bits per heavy atom. The number of para-hydroxylation sites is 1. The number of Topliss-reactive ketones (excluding diaryl/α,β-unsaturated/α-hetero) is 2. The predicted molar refractivity (Wildman–Crippen MR) is 170 cm³/mol. The van der Waals surface area contributed by atoms with Gasteiger partial charge < -0.3 is 21.1 Å². The van der Waals surface area contributed by atoms with E-state index < -0.39 is 89.4 Å². The first-order chi connectivity index (χ1) is 22.7. The van der Waals surface area contributed by atoms with Gasteiger partial charge in [0.2, 0.25) is 0 Å². The van der Waals surface area contributed by atoms with Gasteiger partial charge in [-0.3, -0.25) is 38.0 Å². The van der Waals surface area contributed by atoms with E-state index in [0.29, 0.717) is 27.7 Å². The van der Waals surface area contributed by atoms with Crippen LogP contribution in [0.4, 0.5) is 23.7 Å². The van der Waals surface area contributed by atoms with Gasteiger partial charge in [0.05, 0.1) is 12.1 Å². The van der Waals surface area contributed by atoms with Crippen molar-refractivity contribution >= 4 is 35.2 Å². The zero-order chi connectivity index (χ0) is 37.0. The van der Waals surface area contributed by atoms with Crippen LogP contribution >= 0.6 is 0 Å². The number of aliphatic carboxylic acids is 1. The zero-order valence-corrected chi connectivity index (χ0v) is 27.8. The molecule has 0 unspecified atom stereocenters. The van der Waals surface area contributed by atoms with Crippen molar-refractivity contribution in [2.45, 2.75) is 90.9 Å². The second-order valence-electron chi connectivity index (χ2n) is 12.7. The molecule has 0 spiro atoms. The predicted octanol–water partition coefficient (Wildman–Crippen LogP) is 2.22. The van der Waals surface area contributed by atoms with E-state index in [1.54, 1.807) is 37.3 Å². The molecule has 1 aromatic carbocycles. The van der Waals surface area contributed by atoms with E-state index in [1.807, 2.05) is 0 Å². The number of carbonyl (C=O) groups excluding carboxylic acids is 4. The summed E-state index contributed by atoms with van der Waals surface area (Å²) < 4.78 is 42.7. The Hall–Kier alpha value is -4.80. The Labute approximate surface area is 279 Å². The summed E-state index contributed by atoms with van der Waals surface area (Å²) in [7, 11) is 0. The maximum absolute atomic E-state index is 14.4. The molecule has 0 saturated carbocycles. The van der Waals surface area contributed by atoms with Gasteiger partial charge in [0, 0.05) is 31.0 Å². The number of carbonyl (C=O) groups is 5. The maximum atomic E-state index is 14.4. The molecule has 3 rings (SSSR count). The normalized spacial score (nSPS) is 16.7. The third-order valence-electron chi connectivity index (χ3n) is 8.58. The lowest BCUT2D eigenvalue weighted by Crippen LogP contribution is -2.70. The van der Waals surface area contributed by atoms with Crippen LogP contribution in [-0.2, 0) is 38.8 Å². The Bertz CT molecular complexity index is 1700. The number of rotatable bonds is 13. The molecule has 268 valence electrons. The number of nitrogens with two attached hydrogens (primary N) is 1. The summed E-state index contributed by atoms with van der Waals surface area (Å²) in [5.41, 5.74) is 1.76. The van der Waals surface area contributed by atoms with Gasteiger partial charge in [0.1, 0.15) is 12.6 Å². The highest BCUT2D eigenvalue weighted by atomic mass is 19.4. The minimum Gasteiger partial charge on any atom is -0.480 e. The molecule has 1 aromatic heterocycles. The molecule has 1 aliphatic rings. The summed E-state index contributed by atoms with van der Waals surface area (Å²) in [5.74, 6) is -9.32. The number of imide groups is 1. The Balaban J connectivity index is 2.16. The molecule has 3 amide bonds. The highest BCUT2D eigenvalue weighted by molar-refractivity contribution is 6.16. The number of nitrogens with zero attached hydrogens (tertiary/aromatic N) is 4. The van der Waals surface area contributed by atoms with Crippen molar-refractivity contribution in [2.75, 3.05) is 11.9 Å². The molecule has 17 heteroatoms. The fraction of sp³-hybridized carbons (Fsp3) is 0.531. The van der Waals surface area contributed by atoms with E-state index in [2.05, 4.69) is 5.32 Å². The molecule has 1 fully saturated rings. The van der Waals surface area contributed by atoms with E-state index in [1.165, 1.54) is 27.7 Å². The molecule has 4 N–H and O–H groups in total. The van der Waals surface area contributed by atoms with Gasteiger partial charge >= 0.3 is 23.9 Å². The largest absolute Gasteiger partial charge is 0.480 e. The number of amides is 3. The number of urea groups is 1. The van der Waals surface area contributed by atoms with Crippen LogP contribution in [0.5, 0.6) is 0 Å². The number of anilines is 1. The molecular weight excluding hydrogens is 653 g/mol. The van der Waals surface area contributed by atoms with Gasteiger partial charge in [-0.2, -0.15) is 13.2 Å². The van der Waals surface area contributed by atoms with E-state index in [-0.39, 0.29) is 23.6 Å². The van der Waals surface area contributed by atoms with Crippen molar-refractivity contribution in [3.8, 4) is 0 Å². The summed E-state index contributed by atoms with van der Waals surface area (Å²) in [4.78, 5) is 94.8. The summed E-state index contributed by atoms with van der Waals surface area (Å²) in [6.07, 6.45) is -3.54. The zero-order valence-electron chi connectivity index (χ0n) is 27.8. The molecule has 2 aromatic rings. The fourth-order valence-electron chi connectivity index (χ4n) is 5.72. The topological polar surface area (TPSA) is 194 Å². The summed E-state index contributed by atoms with van der Waals surface area (Å²) >= 11 is 0. The molecule has 0 radical (unpaired) electrons. The van der Waals surface area contributed by atoms with Crippen LogP contribution < -0.4 is 22.3 Å². The van der Waals surface area contributed by atoms with Gasteiger partial charge in [-0.1, -0.05) is 45.9 Å². The molecular formula is C32H41F3N6O8. The Kier molecular flexibility index (Phi) is 12.0. The van der Waals surface area contributed by atoms with Crippen LogP contribution in [0.15, 0.2) is 46.1 Å². The van der Waals surface area contributed by atoms with Crippen LogP contribution in [0.1, 0.15) is 53.0 Å². The monoisotopic (exact) mass is 694 g/mol. The lowest BCUT2D eigenvalue weighted by Gasteiger charge is -2.41. The molecule has 1 saturated heterocycles. The van der Waals surface area contributed by atoms with E-state index >= 15 is 0 Å². The minimum atomic E-state index is -5.47. The van der Waals surface area contributed by atoms with Crippen molar-refractivity contribution in [1.82, 2.24) is 18.9 Å². The number of nitrogens with one attached hydrogen (secondary N) is 1. The summed E-state index contributed by atoms with van der Waals surface area (Å²) in [6, 6.07) is 4.35. The van der Waals surface area contributed by atoms with Crippen molar-refractivity contribution in [3.05, 3.63) is 62.9 Å². The van der Waals surface area contributed by atoms with Crippen LogP contribution in [0.2, 0.25) is 0 Å². The molecule has 0 aliphatic carbocycles. The number of carboxylic acid groups (broad SMARTS) is 1. The van der Waals surface area contributed by atoms with Crippen LogP contribution in [0.3, 0.4) is 0 Å². The highest BCUT2D eigenvalue weighted by Crippen LogP contribution is 2.31. The van der Waals surface area contributed by atoms with E-state index in [4.69, 9.17) is 5.73 Å². The average Bonchev–Trinajstić information content (AvgIpc) is 3.46. The number of hydrogen-bond acceptors (Lipinski definition) is 9. The highest BCUT2D eigenvalue weighted by Gasteiger charge is 2.56. The van der Waals surface area contributed by atoms with E-state index in [0.717, 1.165) is 11.1 Å². The van der Waals surface area contributed by atoms with Gasteiger partial charge in [-0.25, -0.2) is 9.59 Å². The lowest BCUT2D eigenvalue weighted by molar-refractivity contribution is -0.179. The van der Waals surface area contributed by atoms with Crippen molar-refractivity contribution in [3.63, 3.8) is 0 Å². The van der Waals surface area contributed by atoms with Gasteiger partial charge in [0.15, 0.2) is 11.3 Å². The van der Waals surface area contributed by atoms with Crippen molar-refractivity contribution < 1.29 is 42.3 Å². The third kappa shape index (κ3) is 8.26. The number of hydrogen-bond donors (Lipinski definition) is 3. The number of halogens is 3. The molecule has 2 heterocycles. The van der Waals surface area contributed by atoms with E-state index in [9.17, 15) is 51.8 Å². The fourth-order valence-corrected chi connectivity index (χ4v) is 5.72. The number of aromatic nitrogens is 2. The SMILES string of the molecule is CC(C)[C@@H](C(=O)C(F)(F)F)N(C(=O)N1CCC[C@H]1C)C(=O)[C@](N)(C(=O)Cn1c(=O)c(CNc2ccccc2)cn(CC(=O)O)c1=O)C(C)C. The van der Waals surface area contributed by atoms with Crippen LogP contribution in [-0.4, -0.2) is 83.9 Å². The quantitative estimate of drug-likeness (QED) is 0.262. The Morgan fingerprint density at radius 1 is 1.04 bits per heavy atom. The third-order valence-corrected chi connectivity index (χ3v) is 8.58. The lowest BCUT2D eigenvalue weighted by atomic mass is 9.80.